The minimum Gasteiger partial charge on any atom is -0.508 e. The van der Waals surface area contributed by atoms with Gasteiger partial charge in [-0.25, -0.2) is 0 Å². The molecule has 4 nitrogen and oxygen atoms in total. The van der Waals surface area contributed by atoms with Gasteiger partial charge in [-0.2, -0.15) is 0 Å². The number of Topliss-reactive ketones (excluding diaryl/α,β-unsaturated/α-hetero) is 1. The number of hydrogen-bond acceptors (Lipinski definition) is 4. The summed E-state index contributed by atoms with van der Waals surface area (Å²) in [4.78, 5) is 12.1. The molecule has 160 valence electrons. The minimum absolute atomic E-state index is 0.0384. The Morgan fingerprint density at radius 1 is 1.23 bits per heavy atom. The maximum atomic E-state index is 12.1. The van der Waals surface area contributed by atoms with Gasteiger partial charge in [0.05, 0.1) is 13.2 Å². The van der Waals surface area contributed by atoms with Gasteiger partial charge < -0.3 is 14.6 Å². The molecule has 3 atom stereocenters. The average molecular weight is 409 g/mol. The number of carbonyl (C=O) groups is 1. The Morgan fingerprint density at radius 2 is 2.00 bits per heavy atom. The van der Waals surface area contributed by atoms with E-state index in [1.165, 1.54) is 5.56 Å². The molecule has 1 aliphatic carbocycles. The number of aromatic hydroxyl groups is 1. The van der Waals surface area contributed by atoms with Crippen molar-refractivity contribution < 1.29 is 19.4 Å². The first-order valence-corrected chi connectivity index (χ1v) is 11.0. The zero-order chi connectivity index (χ0) is 21.3. The smallest absolute Gasteiger partial charge is 0.133 e. The molecule has 4 rings (SSSR count). The van der Waals surface area contributed by atoms with Crippen LogP contribution in [0.4, 0.5) is 0 Å². The second-order valence-corrected chi connectivity index (χ2v) is 9.36. The van der Waals surface area contributed by atoms with Crippen molar-refractivity contribution in [3.8, 4) is 11.5 Å². The van der Waals surface area contributed by atoms with Gasteiger partial charge in [0.1, 0.15) is 22.9 Å². The van der Waals surface area contributed by atoms with Crippen molar-refractivity contribution in [1.29, 1.82) is 0 Å². The lowest BCUT2D eigenvalue weighted by atomic mass is 9.66. The number of ether oxygens (including phenoxy) is 2. The van der Waals surface area contributed by atoms with E-state index in [2.05, 4.69) is 32.9 Å². The van der Waals surface area contributed by atoms with Gasteiger partial charge in [0.15, 0.2) is 0 Å². The highest BCUT2D eigenvalue weighted by molar-refractivity contribution is 5.81. The van der Waals surface area contributed by atoms with Crippen molar-refractivity contribution in [2.75, 3.05) is 13.2 Å². The predicted molar refractivity (Wildman–Crippen MR) is 117 cm³/mol. The number of carbonyl (C=O) groups excluding carboxylic acids is 1. The molecule has 0 amide bonds. The quantitative estimate of drug-likeness (QED) is 0.652. The fraction of sp³-hybridized carbons (Fsp3) is 0.500. The monoisotopic (exact) mass is 408 g/mol. The van der Waals surface area contributed by atoms with Gasteiger partial charge in [-0.05, 0) is 49.9 Å². The van der Waals surface area contributed by atoms with E-state index in [0.29, 0.717) is 26.1 Å². The summed E-state index contributed by atoms with van der Waals surface area (Å²) in [6.45, 7) is 7.55. The van der Waals surface area contributed by atoms with Crippen molar-refractivity contribution in [1.82, 2.24) is 0 Å². The van der Waals surface area contributed by atoms with E-state index < -0.39 is 0 Å². The average Bonchev–Trinajstić information content (AvgIpc) is 2.70. The summed E-state index contributed by atoms with van der Waals surface area (Å²) in [5, 5.41) is 10.9. The second-order valence-electron chi connectivity index (χ2n) is 9.36. The molecule has 0 aromatic heterocycles. The number of ketones is 1. The number of phenolic OH excluding ortho intramolecular Hbond substituents is 1. The van der Waals surface area contributed by atoms with E-state index in [1.54, 1.807) is 0 Å². The molecule has 4 heteroatoms. The Labute approximate surface area is 179 Å². The second kappa shape index (κ2) is 8.43. The summed E-state index contributed by atoms with van der Waals surface area (Å²) in [7, 11) is 0. The third kappa shape index (κ3) is 4.24. The molecule has 1 heterocycles. The van der Waals surface area contributed by atoms with Crippen molar-refractivity contribution in [2.24, 2.45) is 5.92 Å². The number of hydrogen-bond donors (Lipinski definition) is 1. The number of benzene rings is 2. The molecule has 1 aliphatic heterocycles. The topological polar surface area (TPSA) is 55.8 Å². The SMILES string of the molecule is CC(COCCc1ccccc1)c1cc(O)c2c(c1)OC(C)(C)C1CCC(=O)CC21. The summed E-state index contributed by atoms with van der Waals surface area (Å²) < 4.78 is 12.3. The van der Waals surface area contributed by atoms with Crippen molar-refractivity contribution >= 4 is 5.78 Å². The first kappa shape index (κ1) is 20.9. The van der Waals surface area contributed by atoms with Gasteiger partial charge in [-0.3, -0.25) is 4.79 Å². The van der Waals surface area contributed by atoms with Crippen molar-refractivity contribution in [2.45, 2.75) is 63.9 Å². The predicted octanol–water partition coefficient (Wildman–Crippen LogP) is 5.38. The summed E-state index contributed by atoms with van der Waals surface area (Å²) in [6, 6.07) is 14.2. The standard InChI is InChI=1S/C26H32O4/c1-17(16-29-12-11-18-7-5-4-6-8-18)19-13-23(28)25-21-15-20(27)9-10-22(21)26(2,3)30-24(25)14-19/h4-8,13-14,17,21-22,28H,9-12,15-16H2,1-3H3. The Kier molecular flexibility index (Phi) is 5.88. The number of phenols is 1. The van der Waals surface area contributed by atoms with Crippen LogP contribution in [-0.4, -0.2) is 29.7 Å². The summed E-state index contributed by atoms with van der Waals surface area (Å²) >= 11 is 0. The van der Waals surface area contributed by atoms with E-state index in [1.807, 2.05) is 30.3 Å². The fourth-order valence-corrected chi connectivity index (χ4v) is 5.07. The normalized spacial score (nSPS) is 23.2. The molecule has 1 fully saturated rings. The molecule has 0 saturated heterocycles. The van der Waals surface area contributed by atoms with E-state index >= 15 is 0 Å². The highest BCUT2D eigenvalue weighted by Crippen LogP contribution is 2.54. The van der Waals surface area contributed by atoms with Crippen LogP contribution in [-0.2, 0) is 16.0 Å². The molecule has 2 aromatic carbocycles. The van der Waals surface area contributed by atoms with E-state index in [9.17, 15) is 9.90 Å². The van der Waals surface area contributed by atoms with Crippen LogP contribution in [0.1, 0.15) is 68.6 Å². The van der Waals surface area contributed by atoms with Crippen LogP contribution in [0.25, 0.3) is 0 Å². The first-order chi connectivity index (χ1) is 14.3. The molecule has 30 heavy (non-hydrogen) atoms. The van der Waals surface area contributed by atoms with Crippen LogP contribution in [0.2, 0.25) is 0 Å². The largest absolute Gasteiger partial charge is 0.508 e. The fourth-order valence-electron chi connectivity index (χ4n) is 5.07. The Morgan fingerprint density at radius 3 is 2.77 bits per heavy atom. The third-order valence-corrected chi connectivity index (χ3v) is 6.76. The maximum absolute atomic E-state index is 12.1. The lowest BCUT2D eigenvalue weighted by Crippen LogP contribution is -2.47. The van der Waals surface area contributed by atoms with E-state index in [0.717, 1.165) is 29.7 Å². The lowest BCUT2D eigenvalue weighted by Gasteiger charge is -2.47. The zero-order valence-electron chi connectivity index (χ0n) is 18.2. The molecule has 0 spiro atoms. The summed E-state index contributed by atoms with van der Waals surface area (Å²) in [6.07, 6.45) is 2.81. The molecule has 0 radical (unpaired) electrons. The van der Waals surface area contributed by atoms with E-state index in [-0.39, 0.29) is 34.9 Å². The van der Waals surface area contributed by atoms with Gasteiger partial charge in [0.2, 0.25) is 0 Å². The Hall–Kier alpha value is -2.33. The lowest BCUT2D eigenvalue weighted by molar-refractivity contribution is -0.124. The van der Waals surface area contributed by atoms with Gasteiger partial charge in [-0.1, -0.05) is 37.3 Å². The van der Waals surface area contributed by atoms with E-state index in [4.69, 9.17) is 9.47 Å². The summed E-state index contributed by atoms with van der Waals surface area (Å²) in [5.74, 6) is 1.67. The van der Waals surface area contributed by atoms with Gasteiger partial charge in [0.25, 0.3) is 0 Å². The highest BCUT2D eigenvalue weighted by atomic mass is 16.5. The van der Waals surface area contributed by atoms with Gasteiger partial charge >= 0.3 is 0 Å². The highest BCUT2D eigenvalue weighted by Gasteiger charge is 2.47. The molecular formula is C26H32O4. The molecule has 2 aromatic rings. The van der Waals surface area contributed by atoms with Crippen LogP contribution in [0.5, 0.6) is 11.5 Å². The number of fused-ring (bicyclic) bond motifs is 3. The Bertz CT molecular complexity index is 903. The van der Waals surface area contributed by atoms with Crippen LogP contribution in [0, 0.1) is 5.92 Å². The van der Waals surface area contributed by atoms with Crippen molar-refractivity contribution in [3.05, 3.63) is 59.2 Å². The molecule has 2 aliphatic rings. The van der Waals surface area contributed by atoms with Crippen LogP contribution in [0.15, 0.2) is 42.5 Å². The number of rotatable bonds is 6. The van der Waals surface area contributed by atoms with Crippen molar-refractivity contribution in [3.63, 3.8) is 0 Å². The third-order valence-electron chi connectivity index (χ3n) is 6.76. The van der Waals surface area contributed by atoms with Gasteiger partial charge in [-0.15, -0.1) is 0 Å². The molecular weight excluding hydrogens is 376 g/mol. The van der Waals surface area contributed by atoms with Crippen LogP contribution >= 0.6 is 0 Å². The van der Waals surface area contributed by atoms with Crippen LogP contribution in [0.3, 0.4) is 0 Å². The summed E-state index contributed by atoms with van der Waals surface area (Å²) in [5.41, 5.74) is 2.73. The van der Waals surface area contributed by atoms with Gasteiger partial charge in [0, 0.05) is 36.2 Å². The molecule has 3 unspecified atom stereocenters. The Balaban J connectivity index is 1.47. The maximum Gasteiger partial charge on any atom is 0.133 e. The molecule has 0 bridgehead atoms. The molecule has 1 N–H and O–H groups in total. The first-order valence-electron chi connectivity index (χ1n) is 11.0. The minimum atomic E-state index is -0.348. The molecule has 1 saturated carbocycles. The van der Waals surface area contributed by atoms with Crippen LogP contribution < -0.4 is 4.74 Å². The zero-order valence-corrected chi connectivity index (χ0v) is 18.2.